The average molecular weight is 317 g/mol. The summed E-state index contributed by atoms with van der Waals surface area (Å²) in [5, 5.41) is -0.0933. The molecule has 116 valence electrons. The fourth-order valence-corrected chi connectivity index (χ4v) is 3.91. The molecule has 3 heterocycles. The standard InChI is InChI=1S/C16H19N3O2S/c1-10-5-11(2)9-19(8-10)16-17-4-3-12(18-16)6-14-13(20)7-15(21)22-14/h3-4,6,10-11H,5,7-9H2,1-2H3/b14-6-. The van der Waals surface area contributed by atoms with Gasteiger partial charge in [-0.05, 0) is 42.2 Å². The Bertz CT molecular complexity index is 634. The van der Waals surface area contributed by atoms with E-state index in [1.165, 1.54) is 6.42 Å². The lowest BCUT2D eigenvalue weighted by atomic mass is 9.92. The van der Waals surface area contributed by atoms with Crippen molar-refractivity contribution in [1.29, 1.82) is 0 Å². The fraction of sp³-hybridized carbons (Fsp3) is 0.500. The van der Waals surface area contributed by atoms with Crippen LogP contribution >= 0.6 is 11.8 Å². The first-order valence-electron chi connectivity index (χ1n) is 7.55. The molecule has 0 radical (unpaired) electrons. The van der Waals surface area contributed by atoms with Crippen molar-refractivity contribution in [2.45, 2.75) is 26.7 Å². The summed E-state index contributed by atoms with van der Waals surface area (Å²) in [5.41, 5.74) is 0.682. The van der Waals surface area contributed by atoms with Gasteiger partial charge >= 0.3 is 0 Å². The van der Waals surface area contributed by atoms with Crippen molar-refractivity contribution < 1.29 is 9.59 Å². The van der Waals surface area contributed by atoms with Crippen LogP contribution in [0, 0.1) is 11.8 Å². The van der Waals surface area contributed by atoms with Crippen molar-refractivity contribution in [2.24, 2.45) is 11.8 Å². The average Bonchev–Trinajstić information content (AvgIpc) is 2.76. The number of allylic oxidation sites excluding steroid dienone is 1. The van der Waals surface area contributed by atoms with Gasteiger partial charge in [0.25, 0.3) is 0 Å². The number of piperidine rings is 1. The Morgan fingerprint density at radius 2 is 2.00 bits per heavy atom. The van der Waals surface area contributed by atoms with Crippen molar-refractivity contribution in [1.82, 2.24) is 9.97 Å². The molecule has 22 heavy (non-hydrogen) atoms. The highest BCUT2D eigenvalue weighted by molar-refractivity contribution is 8.18. The molecule has 5 nitrogen and oxygen atoms in total. The van der Waals surface area contributed by atoms with E-state index in [1.54, 1.807) is 18.3 Å². The Hall–Kier alpha value is -1.69. The SMILES string of the molecule is CC1CC(C)CN(c2nccc(/C=C3\SC(=O)CC3=O)n2)C1. The van der Waals surface area contributed by atoms with Crippen LogP contribution in [-0.2, 0) is 9.59 Å². The van der Waals surface area contributed by atoms with E-state index >= 15 is 0 Å². The molecular weight excluding hydrogens is 298 g/mol. The van der Waals surface area contributed by atoms with Crippen LogP contribution in [0.25, 0.3) is 6.08 Å². The third-order valence-electron chi connectivity index (χ3n) is 3.90. The smallest absolute Gasteiger partial charge is 0.225 e. The highest BCUT2D eigenvalue weighted by atomic mass is 32.2. The monoisotopic (exact) mass is 317 g/mol. The van der Waals surface area contributed by atoms with E-state index in [-0.39, 0.29) is 17.3 Å². The van der Waals surface area contributed by atoms with E-state index in [0.29, 0.717) is 28.4 Å². The predicted octanol–water partition coefficient (Wildman–Crippen LogP) is 2.53. The minimum atomic E-state index is -0.115. The zero-order valence-corrected chi connectivity index (χ0v) is 13.6. The number of nitrogens with zero attached hydrogens (tertiary/aromatic N) is 3. The molecule has 0 saturated carbocycles. The summed E-state index contributed by atoms with van der Waals surface area (Å²) in [6.07, 6.45) is 4.63. The van der Waals surface area contributed by atoms with Crippen molar-refractivity contribution in [3.05, 3.63) is 22.9 Å². The molecule has 6 heteroatoms. The lowest BCUT2D eigenvalue weighted by Crippen LogP contribution is -2.39. The molecule has 2 aliphatic rings. The molecule has 2 saturated heterocycles. The highest BCUT2D eigenvalue weighted by Gasteiger charge is 2.26. The molecule has 0 spiro atoms. The number of Topliss-reactive ketones (excluding diaryl/α,β-unsaturated/α-hetero) is 1. The first-order chi connectivity index (χ1) is 10.5. The van der Waals surface area contributed by atoms with Crippen LogP contribution in [0.5, 0.6) is 0 Å². The van der Waals surface area contributed by atoms with Gasteiger partial charge in [-0.2, -0.15) is 0 Å². The topological polar surface area (TPSA) is 63.2 Å². The Labute approximate surface area is 134 Å². The molecule has 1 aromatic rings. The highest BCUT2D eigenvalue weighted by Crippen LogP contribution is 2.30. The summed E-state index contributed by atoms with van der Waals surface area (Å²) >= 11 is 1.01. The summed E-state index contributed by atoms with van der Waals surface area (Å²) in [4.78, 5) is 34.6. The second-order valence-electron chi connectivity index (χ2n) is 6.22. The van der Waals surface area contributed by atoms with Crippen LogP contribution < -0.4 is 4.90 Å². The van der Waals surface area contributed by atoms with Crippen molar-refractivity contribution in [3.8, 4) is 0 Å². The maximum absolute atomic E-state index is 11.7. The molecule has 2 aliphatic heterocycles. The number of aromatic nitrogens is 2. The van der Waals surface area contributed by atoms with Gasteiger partial charge in [0.2, 0.25) is 11.1 Å². The molecule has 0 amide bonds. The third-order valence-corrected chi connectivity index (χ3v) is 4.84. The Morgan fingerprint density at radius 1 is 1.27 bits per heavy atom. The normalized spacial score (nSPS) is 27.7. The maximum atomic E-state index is 11.7. The van der Waals surface area contributed by atoms with E-state index < -0.39 is 0 Å². The van der Waals surface area contributed by atoms with Crippen LogP contribution in [0.3, 0.4) is 0 Å². The number of carbonyl (C=O) groups excluding carboxylic acids is 2. The van der Waals surface area contributed by atoms with E-state index in [2.05, 4.69) is 28.7 Å². The second kappa shape index (κ2) is 6.20. The molecule has 0 aliphatic carbocycles. The molecule has 2 atom stereocenters. The third kappa shape index (κ3) is 3.38. The zero-order valence-electron chi connectivity index (χ0n) is 12.8. The van der Waals surface area contributed by atoms with Gasteiger partial charge in [0.05, 0.1) is 17.0 Å². The molecule has 0 N–H and O–H groups in total. The van der Waals surface area contributed by atoms with Crippen LogP contribution in [0.15, 0.2) is 17.2 Å². The van der Waals surface area contributed by atoms with Crippen molar-refractivity contribution >= 4 is 34.7 Å². The van der Waals surface area contributed by atoms with Gasteiger partial charge in [-0.1, -0.05) is 13.8 Å². The van der Waals surface area contributed by atoms with E-state index in [1.807, 2.05) is 0 Å². The minimum Gasteiger partial charge on any atom is -0.340 e. The quantitative estimate of drug-likeness (QED) is 0.617. The number of hydrogen-bond donors (Lipinski definition) is 0. The van der Waals surface area contributed by atoms with Gasteiger partial charge in [0.1, 0.15) is 0 Å². The van der Waals surface area contributed by atoms with E-state index in [9.17, 15) is 9.59 Å². The van der Waals surface area contributed by atoms with Gasteiger partial charge in [-0.25, -0.2) is 9.97 Å². The molecule has 0 bridgehead atoms. The molecule has 2 fully saturated rings. The summed E-state index contributed by atoms with van der Waals surface area (Å²) in [6.45, 7) is 6.40. The second-order valence-corrected chi connectivity index (χ2v) is 7.31. The van der Waals surface area contributed by atoms with Gasteiger partial charge in [-0.3, -0.25) is 9.59 Å². The fourth-order valence-electron chi connectivity index (χ4n) is 3.10. The summed E-state index contributed by atoms with van der Waals surface area (Å²) in [5.74, 6) is 1.84. The Balaban J connectivity index is 1.82. The van der Waals surface area contributed by atoms with Gasteiger partial charge in [0.15, 0.2) is 5.78 Å². The van der Waals surface area contributed by atoms with Gasteiger partial charge < -0.3 is 4.90 Å². The van der Waals surface area contributed by atoms with E-state index in [0.717, 1.165) is 24.9 Å². The maximum Gasteiger partial charge on any atom is 0.225 e. The van der Waals surface area contributed by atoms with Crippen molar-refractivity contribution in [2.75, 3.05) is 18.0 Å². The molecule has 2 unspecified atom stereocenters. The number of ketones is 1. The number of carbonyl (C=O) groups is 2. The van der Waals surface area contributed by atoms with Crippen LogP contribution in [-0.4, -0.2) is 34.0 Å². The number of hydrogen-bond acceptors (Lipinski definition) is 6. The van der Waals surface area contributed by atoms with Crippen LogP contribution in [0.4, 0.5) is 5.95 Å². The zero-order chi connectivity index (χ0) is 15.7. The summed E-state index contributed by atoms with van der Waals surface area (Å²) < 4.78 is 0. The van der Waals surface area contributed by atoms with Crippen molar-refractivity contribution in [3.63, 3.8) is 0 Å². The Morgan fingerprint density at radius 3 is 2.64 bits per heavy atom. The number of rotatable bonds is 2. The first-order valence-corrected chi connectivity index (χ1v) is 8.36. The molecule has 1 aromatic heterocycles. The first kappa shape index (κ1) is 15.2. The van der Waals surface area contributed by atoms with Gasteiger partial charge in [-0.15, -0.1) is 0 Å². The predicted molar refractivity (Wildman–Crippen MR) is 87.4 cm³/mol. The minimum absolute atomic E-state index is 0.00437. The molecule has 3 rings (SSSR count). The summed E-state index contributed by atoms with van der Waals surface area (Å²) in [7, 11) is 0. The number of anilines is 1. The molecular formula is C16H19N3O2S. The Kier molecular flexibility index (Phi) is 4.29. The lowest BCUT2D eigenvalue weighted by molar-refractivity contribution is -0.119. The van der Waals surface area contributed by atoms with Gasteiger partial charge in [0, 0.05) is 19.3 Å². The number of thioether (sulfide) groups is 1. The van der Waals surface area contributed by atoms with E-state index in [4.69, 9.17) is 0 Å². The molecule has 0 aromatic carbocycles. The van der Waals surface area contributed by atoms with Crippen LogP contribution in [0.2, 0.25) is 0 Å². The largest absolute Gasteiger partial charge is 0.340 e. The lowest BCUT2D eigenvalue weighted by Gasteiger charge is -2.34. The van der Waals surface area contributed by atoms with Crippen LogP contribution in [0.1, 0.15) is 32.4 Å². The summed E-state index contributed by atoms with van der Waals surface area (Å²) in [6, 6.07) is 1.77.